The molecule has 1 aliphatic heterocycles. The van der Waals surface area contributed by atoms with Gasteiger partial charge in [-0.3, -0.25) is 4.90 Å². The minimum Gasteiger partial charge on any atom is -0.396 e. The van der Waals surface area contributed by atoms with Crippen molar-refractivity contribution in [2.24, 2.45) is 5.92 Å². The van der Waals surface area contributed by atoms with Gasteiger partial charge in [0.2, 0.25) is 0 Å². The van der Waals surface area contributed by atoms with E-state index in [0.717, 1.165) is 31.5 Å². The summed E-state index contributed by atoms with van der Waals surface area (Å²) in [5, 5.41) is 19.5. The number of rotatable bonds is 2. The SMILES string of the molecule is OCC1CCN(C2Cc3ccccc3C2O)C1. The fraction of sp³-hybridized carbons (Fsp3) is 0.571. The van der Waals surface area contributed by atoms with Gasteiger partial charge in [-0.05, 0) is 36.4 Å². The number of benzene rings is 1. The highest BCUT2D eigenvalue weighted by atomic mass is 16.3. The quantitative estimate of drug-likeness (QED) is 0.799. The second kappa shape index (κ2) is 4.41. The van der Waals surface area contributed by atoms with Crippen molar-refractivity contribution in [3.63, 3.8) is 0 Å². The predicted octanol–water partition coefficient (Wildman–Crippen LogP) is 0.959. The summed E-state index contributed by atoms with van der Waals surface area (Å²) in [5.74, 6) is 0.394. The van der Waals surface area contributed by atoms with Gasteiger partial charge in [-0.15, -0.1) is 0 Å². The minimum atomic E-state index is -0.358. The van der Waals surface area contributed by atoms with Crippen molar-refractivity contribution in [1.29, 1.82) is 0 Å². The lowest BCUT2D eigenvalue weighted by Crippen LogP contribution is -2.36. The molecule has 1 aromatic carbocycles. The second-order valence-corrected chi connectivity index (χ2v) is 5.25. The molecule has 0 bridgehead atoms. The molecule has 3 unspecified atom stereocenters. The lowest BCUT2D eigenvalue weighted by molar-refractivity contribution is 0.0705. The molecular weight excluding hydrogens is 214 g/mol. The number of aliphatic hydroxyl groups is 2. The zero-order chi connectivity index (χ0) is 11.8. The van der Waals surface area contributed by atoms with E-state index in [1.165, 1.54) is 5.56 Å². The Hall–Kier alpha value is -0.900. The molecule has 3 nitrogen and oxygen atoms in total. The Morgan fingerprint density at radius 3 is 2.82 bits per heavy atom. The van der Waals surface area contributed by atoms with E-state index in [2.05, 4.69) is 11.0 Å². The number of nitrogens with zero attached hydrogens (tertiary/aromatic N) is 1. The van der Waals surface area contributed by atoms with Gasteiger partial charge in [-0.25, -0.2) is 0 Å². The van der Waals surface area contributed by atoms with Crippen molar-refractivity contribution in [2.45, 2.75) is 25.0 Å². The molecular formula is C14H19NO2. The Labute approximate surface area is 102 Å². The first-order chi connectivity index (χ1) is 8.29. The molecule has 1 heterocycles. The third-order valence-electron chi connectivity index (χ3n) is 4.21. The first kappa shape index (κ1) is 11.2. The third-order valence-corrected chi connectivity index (χ3v) is 4.21. The number of likely N-dealkylation sites (tertiary alicyclic amines) is 1. The predicted molar refractivity (Wildman–Crippen MR) is 65.7 cm³/mol. The van der Waals surface area contributed by atoms with Crippen LogP contribution in [0.2, 0.25) is 0 Å². The lowest BCUT2D eigenvalue weighted by Gasteiger charge is -2.26. The standard InChI is InChI=1S/C14H19NO2/c16-9-10-5-6-15(8-10)13-7-11-3-1-2-4-12(11)14(13)17/h1-4,10,13-14,16-17H,5-9H2. The Morgan fingerprint density at radius 2 is 2.12 bits per heavy atom. The van der Waals surface area contributed by atoms with E-state index in [1.807, 2.05) is 18.2 Å². The van der Waals surface area contributed by atoms with Crippen molar-refractivity contribution in [3.8, 4) is 0 Å². The van der Waals surface area contributed by atoms with Crippen molar-refractivity contribution in [2.75, 3.05) is 19.7 Å². The van der Waals surface area contributed by atoms with E-state index < -0.39 is 0 Å². The van der Waals surface area contributed by atoms with Crippen molar-refractivity contribution in [1.82, 2.24) is 4.90 Å². The van der Waals surface area contributed by atoms with E-state index in [0.29, 0.717) is 5.92 Å². The summed E-state index contributed by atoms with van der Waals surface area (Å²) in [6.07, 6.45) is 1.63. The Bertz CT molecular complexity index is 407. The average Bonchev–Trinajstić information content (AvgIpc) is 2.95. The number of hydrogen-bond donors (Lipinski definition) is 2. The lowest BCUT2D eigenvalue weighted by atomic mass is 10.1. The third kappa shape index (κ3) is 1.88. The van der Waals surface area contributed by atoms with E-state index >= 15 is 0 Å². The average molecular weight is 233 g/mol. The van der Waals surface area contributed by atoms with Gasteiger partial charge in [0.05, 0.1) is 6.10 Å². The van der Waals surface area contributed by atoms with E-state index in [-0.39, 0.29) is 18.8 Å². The van der Waals surface area contributed by atoms with Gasteiger partial charge >= 0.3 is 0 Å². The summed E-state index contributed by atoms with van der Waals surface area (Å²) < 4.78 is 0. The van der Waals surface area contributed by atoms with Crippen LogP contribution >= 0.6 is 0 Å². The van der Waals surface area contributed by atoms with Crippen LogP contribution in [0.3, 0.4) is 0 Å². The van der Waals surface area contributed by atoms with Gasteiger partial charge in [0.25, 0.3) is 0 Å². The summed E-state index contributed by atoms with van der Waals surface area (Å²) in [6, 6.07) is 8.38. The molecule has 0 amide bonds. The minimum absolute atomic E-state index is 0.212. The van der Waals surface area contributed by atoms with Crippen LogP contribution < -0.4 is 0 Å². The monoisotopic (exact) mass is 233 g/mol. The molecule has 1 fully saturated rings. The van der Waals surface area contributed by atoms with Crippen molar-refractivity contribution < 1.29 is 10.2 Å². The summed E-state index contributed by atoms with van der Waals surface area (Å²) in [6.45, 7) is 2.19. The first-order valence-electron chi connectivity index (χ1n) is 6.40. The van der Waals surface area contributed by atoms with Gasteiger partial charge in [-0.2, -0.15) is 0 Å². The Kier molecular flexibility index (Phi) is 2.90. The van der Waals surface area contributed by atoms with Crippen LogP contribution in [0, 0.1) is 5.92 Å². The second-order valence-electron chi connectivity index (χ2n) is 5.25. The van der Waals surface area contributed by atoms with E-state index in [9.17, 15) is 10.2 Å². The highest BCUT2D eigenvalue weighted by Gasteiger charge is 2.37. The smallest absolute Gasteiger partial charge is 0.0951 e. The van der Waals surface area contributed by atoms with Gasteiger partial charge in [0.1, 0.15) is 0 Å². The van der Waals surface area contributed by atoms with Crippen LogP contribution in [-0.2, 0) is 6.42 Å². The molecule has 0 saturated carbocycles. The van der Waals surface area contributed by atoms with Crippen LogP contribution in [0.5, 0.6) is 0 Å². The fourth-order valence-electron chi connectivity index (χ4n) is 3.19. The Morgan fingerprint density at radius 1 is 1.29 bits per heavy atom. The van der Waals surface area contributed by atoms with Crippen molar-refractivity contribution >= 4 is 0 Å². The number of fused-ring (bicyclic) bond motifs is 1. The highest BCUT2D eigenvalue weighted by molar-refractivity contribution is 5.36. The largest absolute Gasteiger partial charge is 0.396 e. The topological polar surface area (TPSA) is 43.7 Å². The van der Waals surface area contributed by atoms with E-state index in [4.69, 9.17) is 0 Å². The molecule has 3 heteroatoms. The molecule has 0 spiro atoms. The number of hydrogen-bond acceptors (Lipinski definition) is 3. The summed E-state index contributed by atoms with van der Waals surface area (Å²) in [7, 11) is 0. The van der Waals surface area contributed by atoms with Crippen LogP contribution in [0.15, 0.2) is 24.3 Å². The van der Waals surface area contributed by atoms with Gasteiger partial charge < -0.3 is 10.2 Å². The maximum atomic E-state index is 10.4. The zero-order valence-corrected chi connectivity index (χ0v) is 9.92. The van der Waals surface area contributed by atoms with Gasteiger partial charge in [0, 0.05) is 19.2 Å². The van der Waals surface area contributed by atoms with Gasteiger partial charge in [0.15, 0.2) is 0 Å². The molecule has 17 heavy (non-hydrogen) atoms. The normalized spacial score (nSPS) is 32.9. The van der Waals surface area contributed by atoms with Crippen molar-refractivity contribution in [3.05, 3.63) is 35.4 Å². The van der Waals surface area contributed by atoms with Gasteiger partial charge in [-0.1, -0.05) is 24.3 Å². The highest BCUT2D eigenvalue weighted by Crippen LogP contribution is 2.36. The molecule has 0 aromatic heterocycles. The molecule has 1 aromatic rings. The molecule has 92 valence electrons. The first-order valence-corrected chi connectivity index (χ1v) is 6.40. The molecule has 1 aliphatic carbocycles. The molecule has 3 rings (SSSR count). The molecule has 2 N–H and O–H groups in total. The van der Waals surface area contributed by atoms with Crippen LogP contribution in [-0.4, -0.2) is 40.9 Å². The van der Waals surface area contributed by atoms with Crippen LogP contribution in [0.1, 0.15) is 23.7 Å². The molecule has 2 aliphatic rings. The summed E-state index contributed by atoms with van der Waals surface area (Å²) >= 11 is 0. The molecule has 1 saturated heterocycles. The summed E-state index contributed by atoms with van der Waals surface area (Å²) in [5.41, 5.74) is 2.36. The number of aliphatic hydroxyl groups excluding tert-OH is 2. The molecule has 0 radical (unpaired) electrons. The maximum absolute atomic E-state index is 10.4. The summed E-state index contributed by atoms with van der Waals surface area (Å²) in [4.78, 5) is 2.34. The van der Waals surface area contributed by atoms with E-state index in [1.54, 1.807) is 0 Å². The van der Waals surface area contributed by atoms with Crippen LogP contribution in [0.25, 0.3) is 0 Å². The van der Waals surface area contributed by atoms with Crippen LogP contribution in [0.4, 0.5) is 0 Å². The molecule has 3 atom stereocenters. The fourth-order valence-corrected chi connectivity index (χ4v) is 3.19. The maximum Gasteiger partial charge on any atom is 0.0951 e. The Balaban J connectivity index is 1.76. The zero-order valence-electron chi connectivity index (χ0n) is 9.92.